The number of carbonyl (C=O) groups is 1. The maximum atomic E-state index is 12.9. The van der Waals surface area contributed by atoms with Crippen molar-refractivity contribution < 1.29 is 4.79 Å². The van der Waals surface area contributed by atoms with Crippen LogP contribution >= 0.6 is 0 Å². The number of fused-ring (bicyclic) bond motifs is 3. The van der Waals surface area contributed by atoms with Gasteiger partial charge in [0.1, 0.15) is 5.69 Å². The average molecular weight is 428 g/mol. The van der Waals surface area contributed by atoms with Crippen molar-refractivity contribution in [1.82, 2.24) is 30.0 Å². The summed E-state index contributed by atoms with van der Waals surface area (Å²) in [6.45, 7) is 14.1. The van der Waals surface area contributed by atoms with Gasteiger partial charge in [0.15, 0.2) is 5.78 Å². The van der Waals surface area contributed by atoms with E-state index in [1.807, 2.05) is 62.0 Å². The number of hydrogen-bond acceptors (Lipinski definition) is 5. The Kier molecular flexibility index (Phi) is 4.41. The van der Waals surface area contributed by atoms with Crippen LogP contribution in [0.5, 0.6) is 0 Å². The Morgan fingerprint density at radius 2 is 1.94 bits per heavy atom. The lowest BCUT2D eigenvalue weighted by molar-refractivity contribution is -0.128. The number of rotatable bonds is 3. The van der Waals surface area contributed by atoms with Crippen molar-refractivity contribution in [2.24, 2.45) is 18.4 Å². The number of aryl methyl sites for hydroxylation is 1. The fourth-order valence-corrected chi connectivity index (χ4v) is 5.62. The predicted octanol–water partition coefficient (Wildman–Crippen LogP) is 3.35. The number of ketones is 1. The SMILES string of the molecule is [C-]#[N+]C1=C[C@]2(C)c3nn(C)c(-c4nnn(Cc5ccccc5)n4)c3CC[C@H]2C(C)(C)C1=O. The lowest BCUT2D eigenvalue weighted by atomic mass is 9.53. The summed E-state index contributed by atoms with van der Waals surface area (Å²) in [6.07, 6.45) is 3.46. The molecular formula is C24H25N7O. The Balaban J connectivity index is 1.58. The molecule has 0 N–H and O–H groups in total. The molecule has 2 atom stereocenters. The molecule has 32 heavy (non-hydrogen) atoms. The first-order valence-corrected chi connectivity index (χ1v) is 10.8. The zero-order valence-corrected chi connectivity index (χ0v) is 18.7. The third-order valence-electron chi connectivity index (χ3n) is 7.14. The van der Waals surface area contributed by atoms with Gasteiger partial charge in [-0.25, -0.2) is 4.85 Å². The molecule has 162 valence electrons. The van der Waals surface area contributed by atoms with E-state index in [4.69, 9.17) is 11.7 Å². The second-order valence-electron chi connectivity index (χ2n) is 9.49. The smallest absolute Gasteiger partial charge is 0.226 e. The van der Waals surface area contributed by atoms with Gasteiger partial charge in [-0.3, -0.25) is 4.68 Å². The van der Waals surface area contributed by atoms with Crippen molar-refractivity contribution >= 4 is 5.78 Å². The van der Waals surface area contributed by atoms with Gasteiger partial charge in [-0.15, -0.1) is 10.2 Å². The number of aromatic nitrogens is 6. The largest absolute Gasteiger partial charge is 0.307 e. The second kappa shape index (κ2) is 6.95. The van der Waals surface area contributed by atoms with Crippen LogP contribution in [-0.2, 0) is 30.2 Å². The van der Waals surface area contributed by atoms with E-state index < -0.39 is 10.8 Å². The fraction of sp³-hybridized carbons (Fsp3) is 0.417. The molecule has 2 aliphatic rings. The van der Waals surface area contributed by atoms with E-state index in [0.29, 0.717) is 12.4 Å². The molecule has 2 heterocycles. The molecule has 0 radical (unpaired) electrons. The van der Waals surface area contributed by atoms with Crippen molar-refractivity contribution in [3.8, 4) is 11.5 Å². The van der Waals surface area contributed by atoms with E-state index in [9.17, 15) is 4.79 Å². The van der Waals surface area contributed by atoms with Gasteiger partial charge in [0.25, 0.3) is 0 Å². The van der Waals surface area contributed by atoms with Crippen LogP contribution in [0.1, 0.15) is 44.0 Å². The fourth-order valence-electron chi connectivity index (χ4n) is 5.62. The summed E-state index contributed by atoms with van der Waals surface area (Å²) in [5.74, 6) is 0.546. The monoisotopic (exact) mass is 427 g/mol. The molecule has 1 aromatic carbocycles. The Morgan fingerprint density at radius 3 is 2.66 bits per heavy atom. The Bertz CT molecular complexity index is 1290. The van der Waals surface area contributed by atoms with Crippen molar-refractivity contribution in [2.45, 2.75) is 45.6 Å². The maximum Gasteiger partial charge on any atom is 0.226 e. The number of nitrogens with zero attached hydrogens (tertiary/aromatic N) is 7. The van der Waals surface area contributed by atoms with E-state index in [2.05, 4.69) is 27.2 Å². The molecule has 0 amide bonds. The van der Waals surface area contributed by atoms with Gasteiger partial charge in [0.2, 0.25) is 11.5 Å². The lowest BCUT2D eigenvalue weighted by Crippen LogP contribution is -2.50. The minimum atomic E-state index is -0.615. The number of allylic oxidation sites excluding steroid dienone is 2. The summed E-state index contributed by atoms with van der Waals surface area (Å²) in [4.78, 5) is 18.0. The molecule has 0 bridgehead atoms. The Morgan fingerprint density at radius 1 is 1.19 bits per heavy atom. The maximum absolute atomic E-state index is 12.9. The number of carbonyl (C=O) groups excluding carboxylic acids is 1. The molecule has 3 aromatic rings. The number of hydrogen-bond donors (Lipinski definition) is 0. The summed E-state index contributed by atoms with van der Waals surface area (Å²) >= 11 is 0. The lowest BCUT2D eigenvalue weighted by Gasteiger charge is -2.49. The summed E-state index contributed by atoms with van der Waals surface area (Å²) in [6, 6.07) is 10.0. The molecule has 8 nitrogen and oxygen atoms in total. The highest BCUT2D eigenvalue weighted by Gasteiger charge is 2.55. The van der Waals surface area contributed by atoms with Crippen molar-refractivity contribution in [2.75, 3.05) is 0 Å². The first-order chi connectivity index (χ1) is 15.3. The van der Waals surface area contributed by atoms with Gasteiger partial charge < -0.3 is 4.79 Å². The highest BCUT2D eigenvalue weighted by Crippen LogP contribution is 2.55. The van der Waals surface area contributed by atoms with Gasteiger partial charge in [0.05, 0.1) is 18.8 Å². The first-order valence-electron chi connectivity index (χ1n) is 10.8. The molecule has 0 saturated carbocycles. The van der Waals surface area contributed by atoms with Crippen LogP contribution in [0.4, 0.5) is 0 Å². The number of benzene rings is 1. The van der Waals surface area contributed by atoms with Crippen LogP contribution in [0.15, 0.2) is 42.1 Å². The molecular weight excluding hydrogens is 402 g/mol. The van der Waals surface area contributed by atoms with Crippen LogP contribution in [0.2, 0.25) is 0 Å². The molecule has 2 aliphatic carbocycles. The van der Waals surface area contributed by atoms with Crippen LogP contribution in [0.25, 0.3) is 16.4 Å². The minimum absolute atomic E-state index is 0.0694. The molecule has 0 unspecified atom stereocenters. The van der Waals surface area contributed by atoms with Gasteiger partial charge in [-0.1, -0.05) is 57.2 Å². The molecule has 0 fully saturated rings. The summed E-state index contributed by atoms with van der Waals surface area (Å²) in [7, 11) is 1.89. The summed E-state index contributed by atoms with van der Waals surface area (Å²) < 4.78 is 1.82. The molecule has 0 saturated heterocycles. The Labute approximate surface area is 186 Å². The van der Waals surface area contributed by atoms with E-state index in [0.717, 1.165) is 35.4 Å². The van der Waals surface area contributed by atoms with Crippen LogP contribution in [-0.4, -0.2) is 35.8 Å². The predicted molar refractivity (Wildman–Crippen MR) is 118 cm³/mol. The zero-order chi connectivity index (χ0) is 22.7. The third-order valence-corrected chi connectivity index (χ3v) is 7.14. The van der Waals surface area contributed by atoms with Crippen LogP contribution < -0.4 is 0 Å². The van der Waals surface area contributed by atoms with E-state index in [1.165, 1.54) is 0 Å². The highest BCUT2D eigenvalue weighted by atomic mass is 16.1. The summed E-state index contributed by atoms with van der Waals surface area (Å²) in [5, 5.41) is 18.1. The van der Waals surface area contributed by atoms with Crippen molar-refractivity contribution in [1.29, 1.82) is 0 Å². The second-order valence-corrected chi connectivity index (χ2v) is 9.49. The quantitative estimate of drug-likeness (QED) is 0.599. The van der Waals surface area contributed by atoms with Gasteiger partial charge >= 0.3 is 0 Å². The highest BCUT2D eigenvalue weighted by molar-refractivity contribution is 6.02. The van der Waals surface area contributed by atoms with Gasteiger partial charge in [-0.2, -0.15) is 9.90 Å². The number of tetrazole rings is 1. The Hall–Kier alpha value is -3.60. The minimum Gasteiger partial charge on any atom is -0.307 e. The third kappa shape index (κ3) is 2.84. The van der Waals surface area contributed by atoms with Crippen LogP contribution in [0, 0.1) is 17.9 Å². The molecule has 0 aliphatic heterocycles. The number of Topliss-reactive ketones (excluding diaryl/α,β-unsaturated/α-hetero) is 1. The zero-order valence-electron chi connectivity index (χ0n) is 18.7. The van der Waals surface area contributed by atoms with Crippen molar-refractivity contribution in [3.05, 3.63) is 70.3 Å². The molecule has 8 heteroatoms. The van der Waals surface area contributed by atoms with E-state index >= 15 is 0 Å². The van der Waals surface area contributed by atoms with E-state index in [1.54, 1.807) is 4.80 Å². The molecule has 0 spiro atoms. The van der Waals surface area contributed by atoms with Crippen LogP contribution in [0.3, 0.4) is 0 Å². The topological polar surface area (TPSA) is 82.8 Å². The van der Waals surface area contributed by atoms with Gasteiger partial charge in [0, 0.05) is 23.4 Å². The molecule has 5 rings (SSSR count). The first kappa shape index (κ1) is 20.3. The van der Waals surface area contributed by atoms with Crippen molar-refractivity contribution in [3.63, 3.8) is 0 Å². The molecule has 2 aromatic heterocycles. The van der Waals surface area contributed by atoms with E-state index in [-0.39, 0.29) is 17.4 Å². The summed E-state index contributed by atoms with van der Waals surface area (Å²) in [5.41, 5.74) is 3.04. The average Bonchev–Trinajstić information content (AvgIpc) is 3.35. The standard InChI is InChI=1S/C24H25N7O/c1-23(2)18-12-11-16-19(22-26-29-31(28-22)14-15-9-7-6-8-10-15)30(5)27-20(16)24(18,3)13-17(25-4)21(23)32/h6-10,13,18H,11-12,14H2,1-3,5H3/t18-,24-/m0/s1. The van der Waals surface area contributed by atoms with Gasteiger partial charge in [-0.05, 0) is 29.5 Å². The normalized spacial score (nSPS) is 23.8.